The monoisotopic (exact) mass is 309 g/mol. The molecule has 3 heterocycles. The minimum atomic E-state index is -0.151. The molecule has 0 saturated carbocycles. The maximum Gasteiger partial charge on any atom is 0.159 e. The summed E-state index contributed by atoms with van der Waals surface area (Å²) in [5, 5.41) is 7.42. The van der Waals surface area contributed by atoms with E-state index in [2.05, 4.69) is 25.0 Å². The molecule has 106 valence electrons. The fourth-order valence-electron chi connectivity index (χ4n) is 2.45. The molecule has 0 aliphatic carbocycles. The number of imidazole rings is 1. The second kappa shape index (κ2) is 4.86. The van der Waals surface area contributed by atoms with Gasteiger partial charge in [0, 0.05) is 12.4 Å². The van der Waals surface area contributed by atoms with Crippen molar-refractivity contribution < 1.29 is 0 Å². The number of halogens is 1. The van der Waals surface area contributed by atoms with Crippen LogP contribution in [0.5, 0.6) is 0 Å². The van der Waals surface area contributed by atoms with Gasteiger partial charge in [-0.1, -0.05) is 0 Å². The van der Waals surface area contributed by atoms with Gasteiger partial charge in [0.05, 0.1) is 28.3 Å². The zero-order valence-electron chi connectivity index (χ0n) is 11.9. The van der Waals surface area contributed by atoms with Crippen molar-refractivity contribution in [3.05, 3.63) is 27.6 Å². The summed E-state index contributed by atoms with van der Waals surface area (Å²) in [6.07, 6.45) is 0. The van der Waals surface area contributed by atoms with E-state index in [1.165, 1.54) is 0 Å². The lowest BCUT2D eigenvalue weighted by Gasteiger charge is -2.09. The third-order valence-electron chi connectivity index (χ3n) is 3.26. The van der Waals surface area contributed by atoms with Gasteiger partial charge in [-0.15, -0.1) is 22.9 Å². The minimum absolute atomic E-state index is 0.151. The summed E-state index contributed by atoms with van der Waals surface area (Å²) in [6, 6.07) is 0. The molecule has 0 aromatic carbocycles. The number of aryl methyl sites for hydroxylation is 3. The Hall–Kier alpha value is -1.40. The maximum absolute atomic E-state index is 6.28. The van der Waals surface area contributed by atoms with E-state index in [0.29, 0.717) is 6.54 Å². The molecule has 0 fully saturated rings. The van der Waals surface area contributed by atoms with Gasteiger partial charge < -0.3 is 4.57 Å². The summed E-state index contributed by atoms with van der Waals surface area (Å²) in [5.41, 5.74) is 3.87. The van der Waals surface area contributed by atoms with E-state index < -0.39 is 0 Å². The molecule has 3 rings (SSSR count). The van der Waals surface area contributed by atoms with Crippen LogP contribution in [0.25, 0.3) is 11.2 Å². The van der Waals surface area contributed by atoms with E-state index >= 15 is 0 Å². The van der Waals surface area contributed by atoms with Gasteiger partial charge in [-0.05, 0) is 20.8 Å². The molecule has 5 nitrogen and oxygen atoms in total. The van der Waals surface area contributed by atoms with E-state index in [-0.39, 0.29) is 5.38 Å². The second-order valence-corrected chi connectivity index (χ2v) is 6.63. The van der Waals surface area contributed by atoms with Crippen LogP contribution in [0.4, 0.5) is 0 Å². The van der Waals surface area contributed by atoms with Crippen molar-refractivity contribution in [2.24, 2.45) is 7.05 Å². The van der Waals surface area contributed by atoms with Gasteiger partial charge in [0.25, 0.3) is 0 Å². The number of thiazole rings is 1. The van der Waals surface area contributed by atoms with Crippen molar-refractivity contribution in [3.8, 4) is 0 Å². The third kappa shape index (κ3) is 2.13. The van der Waals surface area contributed by atoms with Crippen molar-refractivity contribution in [1.82, 2.24) is 24.3 Å². The first kappa shape index (κ1) is 13.6. The molecule has 3 aromatic heterocycles. The van der Waals surface area contributed by atoms with Gasteiger partial charge in [-0.3, -0.25) is 4.68 Å². The molecule has 0 spiro atoms. The SMILES string of the molecule is Cc1nc(Cn2c(C(C)Cl)nc3c(C)nn(C)c32)cs1. The molecular weight excluding hydrogens is 294 g/mol. The van der Waals surface area contributed by atoms with Gasteiger partial charge in [0.1, 0.15) is 11.3 Å². The molecule has 0 amide bonds. The quantitative estimate of drug-likeness (QED) is 0.698. The average Bonchev–Trinajstić information content (AvgIpc) is 3.00. The van der Waals surface area contributed by atoms with Crippen LogP contribution in [0, 0.1) is 13.8 Å². The third-order valence-corrected chi connectivity index (χ3v) is 4.28. The van der Waals surface area contributed by atoms with Crippen molar-refractivity contribution in [2.75, 3.05) is 0 Å². The first-order chi connectivity index (χ1) is 9.47. The van der Waals surface area contributed by atoms with Crippen LogP contribution in [0.1, 0.15) is 34.5 Å². The van der Waals surface area contributed by atoms with Crippen LogP contribution >= 0.6 is 22.9 Å². The summed E-state index contributed by atoms with van der Waals surface area (Å²) >= 11 is 7.94. The molecule has 1 unspecified atom stereocenters. The number of nitrogens with zero attached hydrogens (tertiary/aromatic N) is 5. The molecule has 0 radical (unpaired) electrons. The smallest absolute Gasteiger partial charge is 0.159 e. The highest BCUT2D eigenvalue weighted by Crippen LogP contribution is 2.27. The van der Waals surface area contributed by atoms with Gasteiger partial charge >= 0.3 is 0 Å². The topological polar surface area (TPSA) is 48.5 Å². The van der Waals surface area contributed by atoms with Gasteiger partial charge in [0.2, 0.25) is 0 Å². The van der Waals surface area contributed by atoms with Crippen molar-refractivity contribution in [1.29, 1.82) is 0 Å². The second-order valence-electron chi connectivity index (χ2n) is 4.91. The standard InChI is InChI=1S/C13H16ClN5S/c1-7(14)12-16-11-8(2)17-18(4)13(11)19(12)5-10-6-20-9(3)15-10/h6-7H,5H2,1-4H3. The first-order valence-electron chi connectivity index (χ1n) is 6.42. The number of alkyl halides is 1. The molecule has 0 aliphatic heterocycles. The molecule has 0 saturated heterocycles. The van der Waals surface area contributed by atoms with Crippen LogP contribution in [-0.2, 0) is 13.6 Å². The fraction of sp³-hybridized carbons (Fsp3) is 0.462. The number of rotatable bonds is 3. The number of aromatic nitrogens is 5. The summed E-state index contributed by atoms with van der Waals surface area (Å²) < 4.78 is 3.97. The Bertz CT molecular complexity index is 767. The molecule has 3 aromatic rings. The van der Waals surface area contributed by atoms with Crippen molar-refractivity contribution in [2.45, 2.75) is 32.7 Å². The highest BCUT2D eigenvalue weighted by Gasteiger charge is 2.20. The van der Waals surface area contributed by atoms with Crippen LogP contribution < -0.4 is 0 Å². The Kier molecular flexibility index (Phi) is 3.30. The molecule has 1 atom stereocenters. The molecule has 0 aliphatic rings. The van der Waals surface area contributed by atoms with Crippen LogP contribution in [0.15, 0.2) is 5.38 Å². The lowest BCUT2D eigenvalue weighted by atomic mass is 10.4. The predicted molar refractivity (Wildman–Crippen MR) is 81.5 cm³/mol. The number of fused-ring (bicyclic) bond motifs is 1. The summed E-state index contributed by atoms with van der Waals surface area (Å²) in [4.78, 5) is 9.19. The summed E-state index contributed by atoms with van der Waals surface area (Å²) in [7, 11) is 1.93. The molecular formula is C13H16ClN5S. The number of hydrogen-bond donors (Lipinski definition) is 0. The van der Waals surface area contributed by atoms with Gasteiger partial charge in [0.15, 0.2) is 5.65 Å². The predicted octanol–water partition coefficient (Wildman–Crippen LogP) is 3.19. The van der Waals surface area contributed by atoms with Crippen LogP contribution in [0.2, 0.25) is 0 Å². The highest BCUT2D eigenvalue weighted by molar-refractivity contribution is 7.09. The fourth-order valence-corrected chi connectivity index (χ4v) is 3.22. The Labute approximate surface area is 126 Å². The first-order valence-corrected chi connectivity index (χ1v) is 7.73. The Morgan fingerprint density at radius 3 is 2.70 bits per heavy atom. The highest BCUT2D eigenvalue weighted by atomic mass is 35.5. The minimum Gasteiger partial charge on any atom is -0.306 e. The molecule has 20 heavy (non-hydrogen) atoms. The largest absolute Gasteiger partial charge is 0.306 e. The van der Waals surface area contributed by atoms with E-state index in [0.717, 1.165) is 33.4 Å². The van der Waals surface area contributed by atoms with E-state index in [1.807, 2.05) is 32.5 Å². The van der Waals surface area contributed by atoms with Gasteiger partial charge in [-0.2, -0.15) is 5.10 Å². The Balaban J connectivity index is 2.18. The average molecular weight is 310 g/mol. The van der Waals surface area contributed by atoms with Crippen LogP contribution in [0.3, 0.4) is 0 Å². The summed E-state index contributed by atoms with van der Waals surface area (Å²) in [6.45, 7) is 6.59. The molecule has 0 N–H and O–H groups in total. The Morgan fingerprint density at radius 1 is 1.35 bits per heavy atom. The molecule has 0 bridgehead atoms. The normalized spacial score (nSPS) is 13.2. The van der Waals surface area contributed by atoms with Crippen molar-refractivity contribution in [3.63, 3.8) is 0 Å². The van der Waals surface area contributed by atoms with Crippen LogP contribution in [-0.4, -0.2) is 24.3 Å². The van der Waals surface area contributed by atoms with Gasteiger partial charge in [-0.25, -0.2) is 9.97 Å². The van der Waals surface area contributed by atoms with E-state index in [1.54, 1.807) is 11.3 Å². The summed E-state index contributed by atoms with van der Waals surface area (Å²) in [5.74, 6) is 0.864. The van der Waals surface area contributed by atoms with E-state index in [4.69, 9.17) is 11.6 Å². The zero-order chi connectivity index (χ0) is 14.4. The maximum atomic E-state index is 6.28. The van der Waals surface area contributed by atoms with E-state index in [9.17, 15) is 0 Å². The number of hydrogen-bond acceptors (Lipinski definition) is 4. The lowest BCUT2D eigenvalue weighted by molar-refractivity contribution is 0.679. The Morgan fingerprint density at radius 2 is 2.10 bits per heavy atom. The molecule has 7 heteroatoms. The zero-order valence-corrected chi connectivity index (χ0v) is 13.5. The van der Waals surface area contributed by atoms with Crippen molar-refractivity contribution >= 4 is 34.1 Å². The lowest BCUT2D eigenvalue weighted by Crippen LogP contribution is -2.09.